The fourth-order valence-corrected chi connectivity index (χ4v) is 4.67. The van der Waals surface area contributed by atoms with Crippen molar-refractivity contribution < 1.29 is 27.4 Å². The minimum absolute atomic E-state index is 0.0588. The Balaban J connectivity index is 1.28. The lowest BCUT2D eigenvalue weighted by atomic mass is 10.2. The molecule has 1 heterocycles. The van der Waals surface area contributed by atoms with E-state index in [1.54, 1.807) is 24.3 Å². The van der Waals surface area contributed by atoms with E-state index in [1.165, 1.54) is 31.4 Å². The molecule has 1 unspecified atom stereocenters. The summed E-state index contributed by atoms with van der Waals surface area (Å²) in [5.41, 5.74) is 1.70. The quantitative estimate of drug-likeness (QED) is 0.440. The molecule has 0 radical (unpaired) electrons. The topological polar surface area (TPSA) is 103 Å². The van der Waals surface area contributed by atoms with Gasteiger partial charge in [-0.15, -0.1) is 0 Å². The molecule has 3 aromatic rings. The summed E-state index contributed by atoms with van der Waals surface area (Å²) in [5.74, 6) is 1.09. The van der Waals surface area contributed by atoms with Crippen LogP contribution in [0.5, 0.6) is 11.5 Å². The number of hydrogen-bond acceptors (Lipinski definition) is 6. The highest BCUT2D eigenvalue weighted by Gasteiger charge is 2.17. The van der Waals surface area contributed by atoms with Crippen molar-refractivity contribution in [3.8, 4) is 11.5 Å². The fourth-order valence-electron chi connectivity index (χ4n) is 3.61. The number of rotatable bonds is 10. The first-order chi connectivity index (χ1) is 16.9. The molecule has 0 spiro atoms. The van der Waals surface area contributed by atoms with E-state index in [1.807, 2.05) is 24.3 Å². The normalized spacial score (nSPS) is 15.4. The van der Waals surface area contributed by atoms with Crippen LogP contribution in [-0.4, -0.2) is 40.8 Å². The highest BCUT2D eigenvalue weighted by Crippen LogP contribution is 2.20. The standard InChI is InChI=1S/C26H28N2O6S/c1-32-22-12-8-21(9-13-22)28-35(30,31)25-14-6-20(7-15-25)26(29)27-17-19-4-10-23(11-5-19)34-18-24-3-2-16-33-24/h4-15,24,28H,2-3,16-18H2,1H3,(H,27,29). The molecule has 184 valence electrons. The van der Waals surface area contributed by atoms with E-state index in [0.717, 1.165) is 30.8 Å². The average molecular weight is 497 g/mol. The van der Waals surface area contributed by atoms with Crippen molar-refractivity contribution >= 4 is 21.6 Å². The molecule has 1 amide bonds. The summed E-state index contributed by atoms with van der Waals surface area (Å²) in [4.78, 5) is 12.6. The number of methoxy groups -OCH3 is 1. The van der Waals surface area contributed by atoms with Gasteiger partial charge in [0, 0.05) is 24.4 Å². The molecular weight excluding hydrogens is 468 g/mol. The molecule has 9 heteroatoms. The van der Waals surface area contributed by atoms with Crippen molar-refractivity contribution in [2.24, 2.45) is 0 Å². The fraction of sp³-hybridized carbons (Fsp3) is 0.269. The monoisotopic (exact) mass is 496 g/mol. The maximum Gasteiger partial charge on any atom is 0.261 e. The first-order valence-corrected chi connectivity index (χ1v) is 12.8. The zero-order valence-electron chi connectivity index (χ0n) is 19.4. The first-order valence-electron chi connectivity index (χ1n) is 11.3. The number of ether oxygens (including phenoxy) is 3. The average Bonchev–Trinajstić information content (AvgIpc) is 3.41. The van der Waals surface area contributed by atoms with Crippen LogP contribution in [0.25, 0.3) is 0 Å². The summed E-state index contributed by atoms with van der Waals surface area (Å²) in [6.07, 6.45) is 2.26. The minimum atomic E-state index is -3.79. The van der Waals surface area contributed by atoms with Crippen LogP contribution in [0.2, 0.25) is 0 Å². The molecule has 3 aromatic carbocycles. The Morgan fingerprint density at radius 3 is 2.29 bits per heavy atom. The van der Waals surface area contributed by atoms with Gasteiger partial charge in [0.1, 0.15) is 18.1 Å². The van der Waals surface area contributed by atoms with E-state index in [2.05, 4.69) is 10.0 Å². The molecule has 0 saturated carbocycles. The molecule has 0 aromatic heterocycles. The first kappa shape index (κ1) is 24.6. The lowest BCUT2D eigenvalue weighted by Gasteiger charge is -2.12. The van der Waals surface area contributed by atoms with Crippen LogP contribution in [-0.2, 0) is 21.3 Å². The number of hydrogen-bond donors (Lipinski definition) is 2. The van der Waals surface area contributed by atoms with Crippen LogP contribution in [0.15, 0.2) is 77.7 Å². The van der Waals surface area contributed by atoms with Gasteiger partial charge in [-0.25, -0.2) is 8.42 Å². The van der Waals surface area contributed by atoms with Gasteiger partial charge in [-0.1, -0.05) is 12.1 Å². The highest BCUT2D eigenvalue weighted by molar-refractivity contribution is 7.92. The molecule has 1 aliphatic rings. The third-order valence-corrected chi connectivity index (χ3v) is 7.00. The van der Waals surface area contributed by atoms with E-state index >= 15 is 0 Å². The lowest BCUT2D eigenvalue weighted by Crippen LogP contribution is -2.23. The summed E-state index contributed by atoms with van der Waals surface area (Å²) < 4.78 is 44.2. The number of sulfonamides is 1. The predicted molar refractivity (Wildman–Crippen MR) is 132 cm³/mol. The second-order valence-electron chi connectivity index (χ2n) is 8.13. The van der Waals surface area contributed by atoms with Gasteiger partial charge in [0.2, 0.25) is 0 Å². The highest BCUT2D eigenvalue weighted by atomic mass is 32.2. The SMILES string of the molecule is COc1ccc(NS(=O)(=O)c2ccc(C(=O)NCc3ccc(OCC4CCCO4)cc3)cc2)cc1. The van der Waals surface area contributed by atoms with Crippen molar-refractivity contribution in [1.29, 1.82) is 0 Å². The van der Waals surface area contributed by atoms with Crippen LogP contribution in [0.4, 0.5) is 5.69 Å². The maximum atomic E-state index is 12.6. The van der Waals surface area contributed by atoms with Crippen LogP contribution in [0, 0.1) is 0 Å². The van der Waals surface area contributed by atoms with Crippen molar-refractivity contribution in [1.82, 2.24) is 5.32 Å². The van der Waals surface area contributed by atoms with Crippen LogP contribution < -0.4 is 19.5 Å². The van der Waals surface area contributed by atoms with Crippen molar-refractivity contribution in [2.75, 3.05) is 25.0 Å². The second kappa shape index (κ2) is 11.2. The number of carbonyl (C=O) groups is 1. The zero-order chi connectivity index (χ0) is 24.7. The van der Waals surface area contributed by atoms with Gasteiger partial charge in [0.15, 0.2) is 0 Å². The molecule has 35 heavy (non-hydrogen) atoms. The smallest absolute Gasteiger partial charge is 0.261 e. The number of amides is 1. The number of nitrogens with one attached hydrogen (secondary N) is 2. The van der Waals surface area contributed by atoms with Gasteiger partial charge in [-0.2, -0.15) is 0 Å². The molecule has 0 aliphatic carbocycles. The van der Waals surface area contributed by atoms with Crippen molar-refractivity contribution in [2.45, 2.75) is 30.4 Å². The van der Waals surface area contributed by atoms with E-state index in [9.17, 15) is 13.2 Å². The molecule has 1 atom stereocenters. The number of carbonyl (C=O) groups excluding carboxylic acids is 1. The van der Waals surface area contributed by atoms with Crippen LogP contribution in [0.1, 0.15) is 28.8 Å². The summed E-state index contributed by atoms with van der Waals surface area (Å²) in [6.45, 7) is 1.67. The van der Waals surface area contributed by atoms with Crippen molar-refractivity contribution in [3.63, 3.8) is 0 Å². The Bertz CT molecular complexity index is 1220. The molecule has 1 aliphatic heterocycles. The third-order valence-electron chi connectivity index (χ3n) is 5.61. The van der Waals surface area contributed by atoms with E-state index in [4.69, 9.17) is 14.2 Å². The van der Waals surface area contributed by atoms with E-state index < -0.39 is 10.0 Å². The van der Waals surface area contributed by atoms with Gasteiger partial charge >= 0.3 is 0 Å². The van der Waals surface area contributed by atoms with Gasteiger partial charge in [0.25, 0.3) is 15.9 Å². The Morgan fingerprint density at radius 1 is 0.971 bits per heavy atom. The molecule has 8 nitrogen and oxygen atoms in total. The molecule has 1 saturated heterocycles. The maximum absolute atomic E-state index is 12.6. The molecular formula is C26H28N2O6S. The van der Waals surface area contributed by atoms with E-state index in [-0.39, 0.29) is 16.9 Å². The molecule has 1 fully saturated rings. The Morgan fingerprint density at radius 2 is 1.66 bits per heavy atom. The summed E-state index contributed by atoms with van der Waals surface area (Å²) in [5, 5.41) is 2.84. The van der Waals surface area contributed by atoms with Gasteiger partial charge in [-0.05, 0) is 79.1 Å². The Kier molecular flexibility index (Phi) is 7.89. The summed E-state index contributed by atoms with van der Waals surface area (Å²) >= 11 is 0. The lowest BCUT2D eigenvalue weighted by molar-refractivity contribution is 0.0679. The largest absolute Gasteiger partial charge is 0.497 e. The predicted octanol–water partition coefficient (Wildman–Crippen LogP) is 3.98. The van der Waals surface area contributed by atoms with Gasteiger partial charge < -0.3 is 19.5 Å². The zero-order valence-corrected chi connectivity index (χ0v) is 20.2. The van der Waals surface area contributed by atoms with Crippen molar-refractivity contribution in [3.05, 3.63) is 83.9 Å². The Labute approximate surface area is 205 Å². The van der Waals surface area contributed by atoms with Crippen LogP contribution in [0.3, 0.4) is 0 Å². The molecule has 4 rings (SSSR count). The number of benzene rings is 3. The molecule has 2 N–H and O–H groups in total. The minimum Gasteiger partial charge on any atom is -0.497 e. The third kappa shape index (κ3) is 6.74. The summed E-state index contributed by atoms with van der Waals surface area (Å²) in [7, 11) is -2.25. The molecule has 0 bridgehead atoms. The summed E-state index contributed by atoms with van der Waals surface area (Å²) in [6, 6.07) is 19.9. The Hall–Kier alpha value is -3.56. The van der Waals surface area contributed by atoms with Gasteiger partial charge in [-0.3, -0.25) is 9.52 Å². The van der Waals surface area contributed by atoms with E-state index in [0.29, 0.717) is 30.2 Å². The van der Waals surface area contributed by atoms with Gasteiger partial charge in [0.05, 0.1) is 18.1 Å². The second-order valence-corrected chi connectivity index (χ2v) is 9.81. The number of anilines is 1. The van der Waals surface area contributed by atoms with Crippen LogP contribution >= 0.6 is 0 Å².